The maximum absolute atomic E-state index is 11.4. The fourth-order valence-corrected chi connectivity index (χ4v) is 3.22. The molecule has 3 N–H and O–H groups in total. The van der Waals surface area contributed by atoms with Crippen molar-refractivity contribution in [2.45, 2.75) is 13.5 Å². The summed E-state index contributed by atoms with van der Waals surface area (Å²) in [5.41, 5.74) is 11.1. The molecule has 4 aromatic rings. The van der Waals surface area contributed by atoms with E-state index >= 15 is 0 Å². The van der Waals surface area contributed by atoms with Gasteiger partial charge in [-0.3, -0.25) is 4.98 Å². The number of nitrogens with one attached hydrogen (secondary N) is 1. The predicted octanol–water partition coefficient (Wildman–Crippen LogP) is 3.35. The Morgan fingerprint density at radius 2 is 2.08 bits per heavy atom. The zero-order valence-electron chi connectivity index (χ0n) is 13.4. The summed E-state index contributed by atoms with van der Waals surface area (Å²) in [4.78, 5) is 14.0. The van der Waals surface area contributed by atoms with Gasteiger partial charge >= 0.3 is 5.76 Å². The molecule has 0 radical (unpaired) electrons. The lowest BCUT2D eigenvalue weighted by Crippen LogP contribution is -1.98. The molecular formula is C18H17N3O3. The number of nitrogens with zero attached hydrogens (tertiary/aromatic N) is 1. The highest BCUT2D eigenvalue weighted by atomic mass is 16.5. The van der Waals surface area contributed by atoms with Gasteiger partial charge in [0, 0.05) is 23.6 Å². The third-order valence-corrected chi connectivity index (χ3v) is 4.32. The van der Waals surface area contributed by atoms with Crippen LogP contribution in [0.3, 0.4) is 0 Å². The van der Waals surface area contributed by atoms with Crippen LogP contribution in [0.4, 0.5) is 5.69 Å². The highest BCUT2D eigenvalue weighted by Gasteiger charge is 2.17. The van der Waals surface area contributed by atoms with Gasteiger partial charge in [0.15, 0.2) is 5.58 Å². The molecule has 2 aromatic carbocycles. The second kappa shape index (κ2) is 5.19. The van der Waals surface area contributed by atoms with E-state index in [1.807, 2.05) is 36.4 Å². The predicted molar refractivity (Wildman–Crippen MR) is 94.4 cm³/mol. The summed E-state index contributed by atoms with van der Waals surface area (Å²) in [5, 5.41) is 0.975. The smallest absolute Gasteiger partial charge is 0.417 e. The number of hydrogen-bond acceptors (Lipinski definition) is 4. The number of benzene rings is 2. The Balaban J connectivity index is 2.03. The van der Waals surface area contributed by atoms with Crippen LogP contribution >= 0.6 is 0 Å². The van der Waals surface area contributed by atoms with Gasteiger partial charge in [-0.2, -0.15) is 0 Å². The normalized spacial score (nSPS) is 11.4. The Bertz CT molecular complexity index is 1120. The summed E-state index contributed by atoms with van der Waals surface area (Å²) in [5.74, 6) is 0.323. The number of oxazole rings is 1. The van der Waals surface area contributed by atoms with Crippen LogP contribution in [0.2, 0.25) is 0 Å². The SMILES string of the molecule is CCn1c(-c2ccc3[nH]c(=O)oc3c2)c(N)c2ccc(OC)cc21. The number of ether oxygens (including phenoxy) is 1. The first-order valence-electron chi connectivity index (χ1n) is 7.71. The molecule has 0 fully saturated rings. The Hall–Kier alpha value is -3.15. The number of hydrogen-bond donors (Lipinski definition) is 2. The number of anilines is 1. The van der Waals surface area contributed by atoms with Crippen molar-refractivity contribution in [1.82, 2.24) is 9.55 Å². The summed E-state index contributed by atoms with van der Waals surface area (Å²) in [6.45, 7) is 2.82. The van der Waals surface area contributed by atoms with Crippen LogP contribution in [0.25, 0.3) is 33.3 Å². The first kappa shape index (κ1) is 14.4. The number of nitrogens with two attached hydrogens (primary N) is 1. The lowest BCUT2D eigenvalue weighted by atomic mass is 10.1. The number of aryl methyl sites for hydroxylation is 1. The van der Waals surface area contributed by atoms with Crippen LogP contribution in [0.1, 0.15) is 6.92 Å². The van der Waals surface area contributed by atoms with Gasteiger partial charge in [-0.05, 0) is 31.2 Å². The van der Waals surface area contributed by atoms with Gasteiger partial charge in [-0.25, -0.2) is 4.79 Å². The van der Waals surface area contributed by atoms with Crippen LogP contribution in [-0.2, 0) is 6.54 Å². The van der Waals surface area contributed by atoms with E-state index in [2.05, 4.69) is 16.5 Å². The number of aromatic amines is 1. The van der Waals surface area contributed by atoms with E-state index in [0.29, 0.717) is 16.8 Å². The molecule has 0 aliphatic carbocycles. The number of methoxy groups -OCH3 is 1. The van der Waals surface area contributed by atoms with Gasteiger partial charge < -0.3 is 19.5 Å². The molecule has 0 unspecified atom stereocenters. The molecule has 0 aliphatic heterocycles. The second-order valence-corrected chi connectivity index (χ2v) is 5.62. The van der Waals surface area contributed by atoms with Crippen molar-refractivity contribution in [3.05, 3.63) is 46.9 Å². The quantitative estimate of drug-likeness (QED) is 0.605. The van der Waals surface area contributed by atoms with Crippen LogP contribution in [0.5, 0.6) is 5.75 Å². The molecule has 2 heterocycles. The van der Waals surface area contributed by atoms with E-state index in [1.54, 1.807) is 7.11 Å². The van der Waals surface area contributed by atoms with E-state index < -0.39 is 5.76 Å². The molecule has 0 atom stereocenters. The third-order valence-electron chi connectivity index (χ3n) is 4.32. The topological polar surface area (TPSA) is 86.2 Å². The number of H-pyrrole nitrogens is 1. The molecule has 2 aromatic heterocycles. The van der Waals surface area contributed by atoms with Gasteiger partial charge in [0.1, 0.15) is 5.75 Å². The Morgan fingerprint density at radius 3 is 2.83 bits per heavy atom. The van der Waals surface area contributed by atoms with E-state index in [4.69, 9.17) is 14.9 Å². The van der Waals surface area contributed by atoms with Crippen molar-refractivity contribution >= 4 is 27.7 Å². The van der Waals surface area contributed by atoms with Crippen LogP contribution < -0.4 is 16.2 Å². The summed E-state index contributed by atoms with van der Waals surface area (Å²) in [6, 6.07) is 11.4. The van der Waals surface area contributed by atoms with Gasteiger partial charge in [0.25, 0.3) is 0 Å². The highest BCUT2D eigenvalue weighted by molar-refractivity contribution is 6.02. The van der Waals surface area contributed by atoms with Crippen LogP contribution in [0.15, 0.2) is 45.6 Å². The van der Waals surface area contributed by atoms with Gasteiger partial charge in [-0.1, -0.05) is 6.07 Å². The van der Waals surface area contributed by atoms with E-state index in [9.17, 15) is 4.79 Å². The molecule has 6 nitrogen and oxygen atoms in total. The minimum atomic E-state index is -0.462. The van der Waals surface area contributed by atoms with Gasteiger partial charge in [0.2, 0.25) is 0 Å². The van der Waals surface area contributed by atoms with Crippen molar-refractivity contribution in [2.24, 2.45) is 0 Å². The standard InChI is InChI=1S/C18H17N3O3/c1-3-21-14-9-11(23-2)5-6-12(14)16(19)17(21)10-4-7-13-15(8-10)24-18(22)20-13/h4-9H,3,19H2,1-2H3,(H,20,22). The summed E-state index contributed by atoms with van der Waals surface area (Å²) >= 11 is 0. The first-order valence-corrected chi connectivity index (χ1v) is 7.71. The Labute approximate surface area is 137 Å². The molecule has 0 aliphatic rings. The number of fused-ring (bicyclic) bond motifs is 2. The molecule has 0 bridgehead atoms. The van der Waals surface area contributed by atoms with Crippen molar-refractivity contribution in [2.75, 3.05) is 12.8 Å². The number of aromatic nitrogens is 2. The summed E-state index contributed by atoms with van der Waals surface area (Å²) in [7, 11) is 1.65. The van der Waals surface area contributed by atoms with E-state index in [0.717, 1.165) is 34.5 Å². The number of rotatable bonds is 3. The fraction of sp³-hybridized carbons (Fsp3) is 0.167. The molecule has 6 heteroatoms. The molecule has 4 rings (SSSR count). The Morgan fingerprint density at radius 1 is 1.25 bits per heavy atom. The van der Waals surface area contributed by atoms with Crippen molar-refractivity contribution in [1.29, 1.82) is 0 Å². The molecule has 0 amide bonds. The average molecular weight is 323 g/mol. The largest absolute Gasteiger partial charge is 0.497 e. The van der Waals surface area contributed by atoms with Crippen molar-refractivity contribution in [3.8, 4) is 17.0 Å². The summed E-state index contributed by atoms with van der Waals surface area (Å²) in [6.07, 6.45) is 0. The second-order valence-electron chi connectivity index (χ2n) is 5.62. The average Bonchev–Trinajstić information content (AvgIpc) is 3.10. The maximum atomic E-state index is 11.4. The molecule has 0 saturated carbocycles. The number of nitrogen functional groups attached to an aromatic ring is 1. The first-order chi connectivity index (χ1) is 11.6. The minimum Gasteiger partial charge on any atom is -0.497 e. The molecule has 0 spiro atoms. The minimum absolute atomic E-state index is 0.462. The lowest BCUT2D eigenvalue weighted by molar-refractivity contribution is 0.415. The van der Waals surface area contributed by atoms with Crippen molar-refractivity contribution in [3.63, 3.8) is 0 Å². The van der Waals surface area contributed by atoms with Crippen molar-refractivity contribution < 1.29 is 9.15 Å². The fourth-order valence-electron chi connectivity index (χ4n) is 3.22. The maximum Gasteiger partial charge on any atom is 0.417 e. The molecule has 24 heavy (non-hydrogen) atoms. The monoisotopic (exact) mass is 323 g/mol. The van der Waals surface area contributed by atoms with E-state index in [1.165, 1.54) is 0 Å². The lowest BCUT2D eigenvalue weighted by Gasteiger charge is -2.09. The molecule has 0 saturated heterocycles. The summed E-state index contributed by atoms with van der Waals surface area (Å²) < 4.78 is 12.6. The van der Waals surface area contributed by atoms with Crippen LogP contribution in [-0.4, -0.2) is 16.7 Å². The zero-order valence-corrected chi connectivity index (χ0v) is 13.4. The molecular weight excluding hydrogens is 306 g/mol. The third kappa shape index (κ3) is 2.00. The zero-order chi connectivity index (χ0) is 16.8. The van der Waals surface area contributed by atoms with Gasteiger partial charge in [0.05, 0.1) is 29.5 Å². The van der Waals surface area contributed by atoms with Gasteiger partial charge in [-0.15, -0.1) is 0 Å². The Kier molecular flexibility index (Phi) is 3.13. The molecule has 122 valence electrons. The highest BCUT2D eigenvalue weighted by Crippen LogP contribution is 2.38. The van der Waals surface area contributed by atoms with Crippen LogP contribution in [0, 0.1) is 0 Å². The van der Waals surface area contributed by atoms with E-state index in [-0.39, 0.29) is 0 Å².